The summed E-state index contributed by atoms with van der Waals surface area (Å²) in [4.78, 5) is 47.3. The minimum absolute atomic E-state index is 0.204. The first-order valence-corrected chi connectivity index (χ1v) is 9.09. The fourth-order valence-electron chi connectivity index (χ4n) is 2.46. The number of methoxy groups -OCH3 is 1. The van der Waals surface area contributed by atoms with Gasteiger partial charge in [-0.1, -0.05) is 12.1 Å². The molecule has 0 bridgehead atoms. The first kappa shape index (κ1) is 22.4. The van der Waals surface area contributed by atoms with Crippen molar-refractivity contribution >= 4 is 35.1 Å². The third-order valence-electron chi connectivity index (χ3n) is 3.90. The van der Waals surface area contributed by atoms with Gasteiger partial charge in [-0.3, -0.25) is 19.2 Å². The average Bonchev–Trinajstić information content (AvgIpc) is 2.72. The van der Waals surface area contributed by atoms with Gasteiger partial charge in [-0.2, -0.15) is 0 Å². The van der Waals surface area contributed by atoms with Crippen molar-refractivity contribution in [3.63, 3.8) is 0 Å². The Morgan fingerprint density at radius 3 is 2.13 bits per heavy atom. The molecule has 1 atom stereocenters. The smallest absolute Gasteiger partial charge is 0.326 e. The second-order valence-electron chi connectivity index (χ2n) is 6.26. The minimum atomic E-state index is -1.07. The third-order valence-corrected chi connectivity index (χ3v) is 3.90. The Hall–Kier alpha value is -3.88. The predicted octanol–water partition coefficient (Wildman–Crippen LogP) is 1.95. The van der Waals surface area contributed by atoms with Gasteiger partial charge >= 0.3 is 5.97 Å². The zero-order valence-corrected chi connectivity index (χ0v) is 16.9. The summed E-state index contributed by atoms with van der Waals surface area (Å²) >= 11 is 0. The Morgan fingerprint density at radius 1 is 0.933 bits per heavy atom. The second-order valence-corrected chi connectivity index (χ2v) is 6.26. The summed E-state index contributed by atoms with van der Waals surface area (Å²) in [5, 5.41) is 7.64. The molecule has 9 nitrogen and oxygen atoms in total. The van der Waals surface area contributed by atoms with E-state index in [0.717, 1.165) is 0 Å². The van der Waals surface area contributed by atoms with Gasteiger partial charge in [0.2, 0.25) is 5.91 Å². The van der Waals surface area contributed by atoms with E-state index in [4.69, 9.17) is 9.47 Å². The standard InChI is InChI=1S/C21H23N3O6/c1-13(20(27)24-16-10-8-15(9-11-16)23-14(2)25)30-19(26)12-22-21(28)17-6-4-5-7-18(17)29-3/h4-11,13H,12H2,1-3H3,(H,22,28)(H,23,25)(H,24,27)/t13-/m1/s1. The highest BCUT2D eigenvalue weighted by Crippen LogP contribution is 2.17. The number of carbonyl (C=O) groups excluding carboxylic acids is 4. The van der Waals surface area contributed by atoms with Crippen molar-refractivity contribution in [1.29, 1.82) is 0 Å². The summed E-state index contributed by atoms with van der Waals surface area (Å²) in [6, 6.07) is 13.0. The van der Waals surface area contributed by atoms with Crippen LogP contribution in [0.15, 0.2) is 48.5 Å². The van der Waals surface area contributed by atoms with Crippen LogP contribution in [-0.2, 0) is 19.1 Å². The number of benzene rings is 2. The van der Waals surface area contributed by atoms with Crippen molar-refractivity contribution in [2.45, 2.75) is 20.0 Å². The highest BCUT2D eigenvalue weighted by Gasteiger charge is 2.19. The number of amides is 3. The van der Waals surface area contributed by atoms with Gasteiger partial charge in [0.15, 0.2) is 6.10 Å². The number of anilines is 2. The van der Waals surface area contributed by atoms with Crippen molar-refractivity contribution in [2.24, 2.45) is 0 Å². The normalized spacial score (nSPS) is 11.0. The Balaban J connectivity index is 1.82. The zero-order valence-electron chi connectivity index (χ0n) is 16.9. The number of rotatable bonds is 8. The Labute approximate surface area is 173 Å². The molecule has 0 heterocycles. The van der Waals surface area contributed by atoms with E-state index in [1.807, 2.05) is 0 Å². The molecule has 2 rings (SSSR count). The van der Waals surface area contributed by atoms with Crippen LogP contribution in [0.2, 0.25) is 0 Å². The van der Waals surface area contributed by atoms with Crippen molar-refractivity contribution in [3.8, 4) is 5.75 Å². The minimum Gasteiger partial charge on any atom is -0.496 e. The molecule has 0 aromatic heterocycles. The van der Waals surface area contributed by atoms with Crippen LogP contribution in [0.4, 0.5) is 11.4 Å². The van der Waals surface area contributed by atoms with E-state index in [2.05, 4.69) is 16.0 Å². The number of nitrogens with one attached hydrogen (secondary N) is 3. The van der Waals surface area contributed by atoms with Crippen molar-refractivity contribution < 1.29 is 28.7 Å². The van der Waals surface area contributed by atoms with Crippen LogP contribution >= 0.6 is 0 Å². The molecule has 30 heavy (non-hydrogen) atoms. The summed E-state index contributed by atoms with van der Waals surface area (Å²) in [6.45, 7) is 2.41. The third kappa shape index (κ3) is 6.62. The highest BCUT2D eigenvalue weighted by molar-refractivity contribution is 5.99. The average molecular weight is 413 g/mol. The first-order chi connectivity index (χ1) is 14.3. The van der Waals surface area contributed by atoms with E-state index in [1.54, 1.807) is 48.5 Å². The van der Waals surface area contributed by atoms with E-state index in [-0.39, 0.29) is 11.5 Å². The fraction of sp³-hybridized carbons (Fsp3) is 0.238. The molecule has 3 N–H and O–H groups in total. The molecule has 2 aromatic rings. The Morgan fingerprint density at radius 2 is 1.53 bits per heavy atom. The van der Waals surface area contributed by atoms with Gasteiger partial charge in [0, 0.05) is 18.3 Å². The molecule has 0 spiro atoms. The van der Waals surface area contributed by atoms with Crippen LogP contribution in [0.1, 0.15) is 24.2 Å². The summed E-state index contributed by atoms with van der Waals surface area (Å²) in [6.07, 6.45) is -1.07. The fourth-order valence-corrected chi connectivity index (χ4v) is 2.46. The van der Waals surface area contributed by atoms with Crippen LogP contribution in [0, 0.1) is 0 Å². The predicted molar refractivity (Wildman–Crippen MR) is 110 cm³/mol. The molecular formula is C21H23N3O6. The van der Waals surface area contributed by atoms with Crippen LogP contribution < -0.4 is 20.7 Å². The van der Waals surface area contributed by atoms with Gasteiger partial charge < -0.3 is 25.4 Å². The van der Waals surface area contributed by atoms with Crippen LogP contribution in [0.3, 0.4) is 0 Å². The first-order valence-electron chi connectivity index (χ1n) is 9.09. The van der Waals surface area contributed by atoms with E-state index in [1.165, 1.54) is 21.0 Å². The maximum absolute atomic E-state index is 12.2. The monoisotopic (exact) mass is 413 g/mol. The molecule has 0 saturated heterocycles. The maximum atomic E-state index is 12.2. The van der Waals surface area contributed by atoms with Crippen LogP contribution in [0.25, 0.3) is 0 Å². The lowest BCUT2D eigenvalue weighted by Gasteiger charge is -2.14. The molecule has 158 valence electrons. The van der Waals surface area contributed by atoms with Gasteiger partial charge in [-0.15, -0.1) is 0 Å². The molecule has 0 fully saturated rings. The molecule has 2 aromatic carbocycles. The van der Waals surface area contributed by atoms with Gasteiger partial charge in [0.1, 0.15) is 12.3 Å². The highest BCUT2D eigenvalue weighted by atomic mass is 16.5. The molecule has 0 aliphatic carbocycles. The quantitative estimate of drug-likeness (QED) is 0.569. The molecule has 3 amide bonds. The molecule has 0 aliphatic heterocycles. The second kappa shape index (κ2) is 10.6. The summed E-state index contributed by atoms with van der Waals surface area (Å²) < 4.78 is 10.2. The lowest BCUT2D eigenvalue weighted by Crippen LogP contribution is -2.36. The van der Waals surface area contributed by atoms with Gasteiger partial charge in [0.25, 0.3) is 11.8 Å². The molecule has 0 unspecified atom stereocenters. The van der Waals surface area contributed by atoms with Crippen molar-refractivity contribution in [1.82, 2.24) is 5.32 Å². The molecule has 0 radical (unpaired) electrons. The summed E-state index contributed by atoms with van der Waals surface area (Å²) in [5.41, 5.74) is 1.34. The SMILES string of the molecule is COc1ccccc1C(=O)NCC(=O)O[C@H](C)C(=O)Nc1ccc(NC(C)=O)cc1. The summed E-state index contributed by atoms with van der Waals surface area (Å²) in [7, 11) is 1.44. The number of hydrogen-bond donors (Lipinski definition) is 3. The Bertz CT molecular complexity index is 927. The van der Waals surface area contributed by atoms with E-state index in [0.29, 0.717) is 17.1 Å². The molecule has 0 aliphatic rings. The van der Waals surface area contributed by atoms with E-state index >= 15 is 0 Å². The number of carbonyl (C=O) groups is 4. The topological polar surface area (TPSA) is 123 Å². The van der Waals surface area contributed by atoms with E-state index in [9.17, 15) is 19.2 Å². The van der Waals surface area contributed by atoms with Crippen LogP contribution in [-0.4, -0.2) is 43.4 Å². The maximum Gasteiger partial charge on any atom is 0.326 e. The van der Waals surface area contributed by atoms with Crippen molar-refractivity contribution in [3.05, 3.63) is 54.1 Å². The van der Waals surface area contributed by atoms with Gasteiger partial charge in [-0.05, 0) is 43.3 Å². The van der Waals surface area contributed by atoms with Crippen LogP contribution in [0.5, 0.6) is 5.75 Å². The molecule has 0 saturated carbocycles. The zero-order chi connectivity index (χ0) is 22.1. The van der Waals surface area contributed by atoms with Crippen molar-refractivity contribution in [2.75, 3.05) is 24.3 Å². The number of para-hydroxylation sites is 1. The van der Waals surface area contributed by atoms with Gasteiger partial charge in [0.05, 0.1) is 12.7 Å². The number of ether oxygens (including phenoxy) is 2. The molecule has 9 heteroatoms. The summed E-state index contributed by atoms with van der Waals surface area (Å²) in [5.74, 6) is -1.62. The Kier molecular flexibility index (Phi) is 7.92. The van der Waals surface area contributed by atoms with E-state index < -0.39 is 30.4 Å². The van der Waals surface area contributed by atoms with Gasteiger partial charge in [-0.25, -0.2) is 0 Å². The number of hydrogen-bond acceptors (Lipinski definition) is 6. The lowest BCUT2D eigenvalue weighted by molar-refractivity contribution is -0.152. The molecular weight excluding hydrogens is 390 g/mol. The largest absolute Gasteiger partial charge is 0.496 e. The lowest BCUT2D eigenvalue weighted by atomic mass is 10.2. The number of esters is 1.